The van der Waals surface area contributed by atoms with Gasteiger partial charge in [0.05, 0.1) is 17.9 Å². The Morgan fingerprint density at radius 2 is 1.65 bits per heavy atom. The van der Waals surface area contributed by atoms with Crippen LogP contribution in [0.3, 0.4) is 0 Å². The molecule has 0 bridgehead atoms. The summed E-state index contributed by atoms with van der Waals surface area (Å²) in [6.45, 7) is 2.11. The van der Waals surface area contributed by atoms with Crippen LogP contribution in [0.4, 0.5) is 5.69 Å². The van der Waals surface area contributed by atoms with Crippen LogP contribution >= 0.6 is 15.9 Å². The van der Waals surface area contributed by atoms with Crippen molar-refractivity contribution in [3.8, 4) is 0 Å². The van der Waals surface area contributed by atoms with E-state index < -0.39 is 0 Å². The zero-order chi connectivity index (χ0) is 21.8. The van der Waals surface area contributed by atoms with Crippen molar-refractivity contribution in [1.82, 2.24) is 0 Å². The standard InChI is InChI=1S/C26H20BrNO3/c1-2-31-26(30)20-10-8-18(9-11-20)16-21-17-24(19-6-4-3-5-7-19)28(25(21)29)23-14-12-22(27)13-15-23/h3-17H,2H2,1H3/b21-16-. The SMILES string of the molecule is CCOC(=O)c1ccc(/C=C2/C=C(c3ccccc3)N(c3ccc(Br)cc3)C2=O)cc1. The van der Waals surface area contributed by atoms with Gasteiger partial charge in [-0.2, -0.15) is 0 Å². The molecule has 0 fully saturated rings. The second-order valence-corrected chi connectivity index (χ2v) is 7.87. The van der Waals surface area contributed by atoms with Gasteiger partial charge in [0.2, 0.25) is 0 Å². The summed E-state index contributed by atoms with van der Waals surface area (Å²) in [7, 11) is 0. The fourth-order valence-electron chi connectivity index (χ4n) is 3.39. The molecule has 3 aromatic rings. The second kappa shape index (κ2) is 9.14. The molecule has 3 aromatic carbocycles. The average Bonchev–Trinajstić information content (AvgIpc) is 3.11. The fourth-order valence-corrected chi connectivity index (χ4v) is 3.66. The van der Waals surface area contributed by atoms with Crippen LogP contribution in [0.1, 0.15) is 28.4 Å². The second-order valence-electron chi connectivity index (χ2n) is 6.95. The van der Waals surface area contributed by atoms with E-state index in [1.54, 1.807) is 24.0 Å². The lowest BCUT2D eigenvalue weighted by atomic mass is 10.1. The monoisotopic (exact) mass is 473 g/mol. The lowest BCUT2D eigenvalue weighted by Gasteiger charge is -2.21. The summed E-state index contributed by atoms with van der Waals surface area (Å²) in [5.74, 6) is -0.457. The third kappa shape index (κ3) is 4.52. The molecule has 4 rings (SSSR count). The molecule has 154 valence electrons. The first-order chi connectivity index (χ1) is 15.1. The van der Waals surface area contributed by atoms with Crippen LogP contribution in [0.2, 0.25) is 0 Å². The highest BCUT2D eigenvalue weighted by Crippen LogP contribution is 2.35. The van der Waals surface area contributed by atoms with E-state index in [9.17, 15) is 9.59 Å². The van der Waals surface area contributed by atoms with E-state index in [1.165, 1.54) is 0 Å². The Morgan fingerprint density at radius 1 is 0.968 bits per heavy atom. The van der Waals surface area contributed by atoms with Gasteiger partial charge in [0.1, 0.15) is 0 Å². The largest absolute Gasteiger partial charge is 0.462 e. The summed E-state index contributed by atoms with van der Waals surface area (Å²) >= 11 is 3.45. The molecule has 0 unspecified atom stereocenters. The lowest BCUT2D eigenvalue weighted by Crippen LogP contribution is -2.24. The third-order valence-corrected chi connectivity index (χ3v) is 5.41. The quantitative estimate of drug-likeness (QED) is 0.332. The lowest BCUT2D eigenvalue weighted by molar-refractivity contribution is -0.113. The van der Waals surface area contributed by atoms with Crippen LogP contribution in [-0.4, -0.2) is 18.5 Å². The molecule has 1 aliphatic rings. The Balaban J connectivity index is 1.71. The fraction of sp³-hybridized carbons (Fsp3) is 0.0769. The number of rotatable bonds is 5. The van der Waals surface area contributed by atoms with Crippen LogP contribution in [-0.2, 0) is 9.53 Å². The van der Waals surface area contributed by atoms with E-state index in [0.717, 1.165) is 27.0 Å². The Hall–Kier alpha value is -3.44. The van der Waals surface area contributed by atoms with Gasteiger partial charge in [-0.1, -0.05) is 58.4 Å². The highest BCUT2D eigenvalue weighted by Gasteiger charge is 2.30. The first-order valence-electron chi connectivity index (χ1n) is 9.93. The maximum absolute atomic E-state index is 13.4. The number of hydrogen-bond acceptors (Lipinski definition) is 3. The summed E-state index contributed by atoms with van der Waals surface area (Å²) in [5.41, 5.74) is 4.47. The summed E-state index contributed by atoms with van der Waals surface area (Å²) in [6.07, 6.45) is 3.73. The number of anilines is 1. The van der Waals surface area contributed by atoms with Crippen LogP contribution in [0.15, 0.2) is 95.0 Å². The summed E-state index contributed by atoms with van der Waals surface area (Å²) in [5, 5.41) is 0. The van der Waals surface area contributed by atoms with Gasteiger partial charge in [-0.05, 0) is 66.6 Å². The van der Waals surface area contributed by atoms with Crippen molar-refractivity contribution in [2.24, 2.45) is 0 Å². The van der Waals surface area contributed by atoms with Crippen molar-refractivity contribution in [1.29, 1.82) is 0 Å². The minimum atomic E-state index is -0.355. The van der Waals surface area contributed by atoms with E-state index in [1.807, 2.05) is 78.9 Å². The van der Waals surface area contributed by atoms with E-state index in [2.05, 4.69) is 15.9 Å². The number of amides is 1. The van der Waals surface area contributed by atoms with E-state index in [4.69, 9.17) is 4.74 Å². The molecule has 1 amide bonds. The van der Waals surface area contributed by atoms with Gasteiger partial charge >= 0.3 is 5.97 Å². The van der Waals surface area contributed by atoms with Crippen molar-refractivity contribution < 1.29 is 14.3 Å². The first kappa shape index (κ1) is 20.8. The van der Waals surface area contributed by atoms with Crippen LogP contribution in [0.25, 0.3) is 11.8 Å². The molecule has 1 aliphatic heterocycles. The smallest absolute Gasteiger partial charge is 0.338 e. The molecule has 0 saturated heterocycles. The van der Waals surface area contributed by atoms with Gasteiger partial charge in [-0.3, -0.25) is 9.69 Å². The maximum Gasteiger partial charge on any atom is 0.338 e. The average molecular weight is 474 g/mol. The molecule has 0 radical (unpaired) electrons. The molecule has 0 N–H and O–H groups in total. The highest BCUT2D eigenvalue weighted by molar-refractivity contribution is 9.10. The number of hydrogen-bond donors (Lipinski definition) is 0. The normalized spacial score (nSPS) is 14.6. The number of esters is 1. The van der Waals surface area contributed by atoms with Crippen LogP contribution in [0.5, 0.6) is 0 Å². The summed E-state index contributed by atoms with van der Waals surface area (Å²) < 4.78 is 5.97. The molecule has 0 saturated carbocycles. The Labute approximate surface area is 189 Å². The number of benzene rings is 3. The molecular formula is C26H20BrNO3. The van der Waals surface area contributed by atoms with E-state index in [-0.39, 0.29) is 11.9 Å². The van der Waals surface area contributed by atoms with Crippen molar-refractivity contribution in [2.45, 2.75) is 6.92 Å². The first-order valence-corrected chi connectivity index (χ1v) is 10.7. The molecule has 0 aliphatic carbocycles. The molecule has 1 heterocycles. The van der Waals surface area contributed by atoms with Crippen LogP contribution in [0, 0.1) is 0 Å². The van der Waals surface area contributed by atoms with E-state index in [0.29, 0.717) is 17.7 Å². The Kier molecular flexibility index (Phi) is 6.14. The predicted octanol–water partition coefficient (Wildman–Crippen LogP) is 6.10. The van der Waals surface area contributed by atoms with Gasteiger partial charge in [0, 0.05) is 15.7 Å². The Bertz CT molecular complexity index is 1160. The predicted molar refractivity (Wildman–Crippen MR) is 126 cm³/mol. The van der Waals surface area contributed by atoms with Gasteiger partial charge in [0.15, 0.2) is 0 Å². The van der Waals surface area contributed by atoms with Gasteiger partial charge in [-0.25, -0.2) is 4.79 Å². The Morgan fingerprint density at radius 3 is 2.29 bits per heavy atom. The van der Waals surface area contributed by atoms with Crippen molar-refractivity contribution >= 4 is 45.3 Å². The zero-order valence-corrected chi connectivity index (χ0v) is 18.5. The zero-order valence-electron chi connectivity index (χ0n) is 16.9. The number of carbonyl (C=O) groups excluding carboxylic acids is 2. The molecule has 0 spiro atoms. The van der Waals surface area contributed by atoms with E-state index >= 15 is 0 Å². The maximum atomic E-state index is 13.4. The molecular weight excluding hydrogens is 454 g/mol. The molecule has 0 atom stereocenters. The molecule has 4 nitrogen and oxygen atoms in total. The minimum Gasteiger partial charge on any atom is -0.462 e. The molecule has 0 aromatic heterocycles. The third-order valence-electron chi connectivity index (χ3n) is 4.88. The number of carbonyl (C=O) groups is 2. The minimum absolute atomic E-state index is 0.101. The topological polar surface area (TPSA) is 46.6 Å². The number of nitrogens with zero attached hydrogens (tertiary/aromatic N) is 1. The molecule has 5 heteroatoms. The highest BCUT2D eigenvalue weighted by atomic mass is 79.9. The molecule has 31 heavy (non-hydrogen) atoms. The van der Waals surface area contributed by atoms with Crippen molar-refractivity contribution in [2.75, 3.05) is 11.5 Å². The van der Waals surface area contributed by atoms with Crippen molar-refractivity contribution in [3.05, 3.63) is 112 Å². The van der Waals surface area contributed by atoms with Crippen molar-refractivity contribution in [3.63, 3.8) is 0 Å². The number of ether oxygens (including phenoxy) is 1. The van der Waals surface area contributed by atoms with Gasteiger partial charge in [0.25, 0.3) is 5.91 Å². The van der Waals surface area contributed by atoms with Gasteiger partial charge < -0.3 is 4.74 Å². The van der Waals surface area contributed by atoms with Crippen LogP contribution < -0.4 is 4.90 Å². The number of halogens is 1. The summed E-state index contributed by atoms with van der Waals surface area (Å²) in [4.78, 5) is 26.9. The summed E-state index contributed by atoms with van der Waals surface area (Å²) in [6, 6.07) is 24.5. The van der Waals surface area contributed by atoms with Gasteiger partial charge in [-0.15, -0.1) is 0 Å².